The largest absolute Gasteiger partial charge is 0.464 e. The van der Waals surface area contributed by atoms with Crippen molar-refractivity contribution < 1.29 is 14.3 Å². The van der Waals surface area contributed by atoms with Crippen molar-refractivity contribution in [1.29, 1.82) is 0 Å². The number of nitrogens with zero attached hydrogens (tertiary/aromatic N) is 3. The van der Waals surface area contributed by atoms with Crippen molar-refractivity contribution >= 4 is 17.6 Å². The fourth-order valence-electron chi connectivity index (χ4n) is 2.91. The second kappa shape index (κ2) is 5.53. The molecule has 1 amide bonds. The normalized spacial score (nSPS) is 17.1. The van der Waals surface area contributed by atoms with Crippen LogP contribution in [0.5, 0.6) is 0 Å². The lowest BCUT2D eigenvalue weighted by Crippen LogP contribution is -2.47. The predicted octanol–water partition coefficient (Wildman–Crippen LogP) is 2.34. The summed E-state index contributed by atoms with van der Waals surface area (Å²) in [5.41, 5.74) is 3.60. The first kappa shape index (κ1) is 15.3. The highest BCUT2D eigenvalue weighted by Crippen LogP contribution is 2.29. The van der Waals surface area contributed by atoms with Crippen LogP contribution >= 0.6 is 0 Å². The van der Waals surface area contributed by atoms with Crippen LogP contribution in [-0.2, 0) is 11.3 Å². The number of amides is 1. The number of ether oxygens (including phenoxy) is 1. The molecule has 0 N–H and O–H groups in total. The van der Waals surface area contributed by atoms with Gasteiger partial charge in [0.1, 0.15) is 5.69 Å². The summed E-state index contributed by atoms with van der Waals surface area (Å²) in [6, 6.07) is 7.49. The number of carbonyl (C=O) groups is 2. The molecule has 0 spiro atoms. The van der Waals surface area contributed by atoms with Crippen LogP contribution in [0, 0.1) is 13.8 Å². The highest BCUT2D eigenvalue weighted by atomic mass is 16.5. The lowest BCUT2D eigenvalue weighted by molar-refractivity contribution is 0.0592. The van der Waals surface area contributed by atoms with Gasteiger partial charge in [0.05, 0.1) is 19.7 Å². The van der Waals surface area contributed by atoms with Crippen molar-refractivity contribution in [3.05, 3.63) is 46.8 Å². The number of aryl methyl sites for hydroxylation is 2. The highest BCUT2D eigenvalue weighted by molar-refractivity contribution is 6.07. The van der Waals surface area contributed by atoms with Crippen LogP contribution in [0.3, 0.4) is 0 Å². The molecule has 1 atom stereocenters. The van der Waals surface area contributed by atoms with Gasteiger partial charge in [-0.25, -0.2) is 4.79 Å². The molecule has 6 heteroatoms. The zero-order valence-corrected chi connectivity index (χ0v) is 13.7. The minimum atomic E-state index is -0.536. The molecule has 0 aliphatic carbocycles. The first-order chi connectivity index (χ1) is 10.9. The average molecular weight is 313 g/mol. The van der Waals surface area contributed by atoms with E-state index in [1.165, 1.54) is 13.2 Å². The van der Waals surface area contributed by atoms with E-state index in [1.54, 1.807) is 9.58 Å². The van der Waals surface area contributed by atoms with Gasteiger partial charge >= 0.3 is 5.97 Å². The standard InChI is InChI=1S/C17H19N3O3/c1-10-5-6-11(2)14(7-10)20-12(3)9-19-15(16(20)21)8-13(18-19)17(22)23-4/h5-8,12H,9H2,1-4H3. The van der Waals surface area contributed by atoms with Crippen LogP contribution in [0.15, 0.2) is 24.3 Å². The molecular formula is C17H19N3O3. The van der Waals surface area contributed by atoms with Crippen molar-refractivity contribution in [2.45, 2.75) is 33.4 Å². The first-order valence-electron chi connectivity index (χ1n) is 7.49. The molecule has 23 heavy (non-hydrogen) atoms. The molecule has 6 nitrogen and oxygen atoms in total. The van der Waals surface area contributed by atoms with Crippen molar-refractivity contribution in [2.75, 3.05) is 12.0 Å². The molecule has 2 heterocycles. The van der Waals surface area contributed by atoms with Gasteiger partial charge in [0.2, 0.25) is 0 Å². The van der Waals surface area contributed by atoms with Crippen molar-refractivity contribution in [3.8, 4) is 0 Å². The summed E-state index contributed by atoms with van der Waals surface area (Å²) in [4.78, 5) is 26.4. The first-order valence-corrected chi connectivity index (χ1v) is 7.49. The zero-order valence-electron chi connectivity index (χ0n) is 13.7. The third kappa shape index (κ3) is 2.50. The Hall–Kier alpha value is -2.63. The summed E-state index contributed by atoms with van der Waals surface area (Å²) >= 11 is 0. The van der Waals surface area contributed by atoms with E-state index in [-0.39, 0.29) is 17.6 Å². The van der Waals surface area contributed by atoms with E-state index in [0.717, 1.165) is 16.8 Å². The fourth-order valence-corrected chi connectivity index (χ4v) is 2.91. The Morgan fingerprint density at radius 3 is 2.74 bits per heavy atom. The van der Waals surface area contributed by atoms with Crippen LogP contribution < -0.4 is 4.90 Å². The quantitative estimate of drug-likeness (QED) is 0.798. The van der Waals surface area contributed by atoms with E-state index in [9.17, 15) is 9.59 Å². The number of fused-ring (bicyclic) bond motifs is 1. The van der Waals surface area contributed by atoms with E-state index >= 15 is 0 Å². The third-order valence-electron chi connectivity index (χ3n) is 4.11. The lowest BCUT2D eigenvalue weighted by Gasteiger charge is -2.34. The Kier molecular flexibility index (Phi) is 3.67. The summed E-state index contributed by atoms with van der Waals surface area (Å²) in [6.07, 6.45) is 0. The van der Waals surface area contributed by atoms with Crippen LogP contribution in [0.1, 0.15) is 39.0 Å². The number of hydrogen-bond donors (Lipinski definition) is 0. The molecule has 0 radical (unpaired) electrons. The molecular weight excluding hydrogens is 294 g/mol. The van der Waals surface area contributed by atoms with Gasteiger partial charge in [0.25, 0.3) is 5.91 Å². The third-order valence-corrected chi connectivity index (χ3v) is 4.11. The zero-order chi connectivity index (χ0) is 16.7. The summed E-state index contributed by atoms with van der Waals surface area (Å²) < 4.78 is 6.27. The predicted molar refractivity (Wildman–Crippen MR) is 85.8 cm³/mol. The molecule has 0 saturated carbocycles. The Balaban J connectivity index is 2.05. The van der Waals surface area contributed by atoms with E-state index in [2.05, 4.69) is 9.84 Å². The van der Waals surface area contributed by atoms with Gasteiger partial charge in [-0.1, -0.05) is 12.1 Å². The maximum Gasteiger partial charge on any atom is 0.358 e. The van der Waals surface area contributed by atoms with E-state index in [1.807, 2.05) is 39.0 Å². The Bertz CT molecular complexity index is 794. The number of rotatable bonds is 2. The van der Waals surface area contributed by atoms with Crippen molar-refractivity contribution in [1.82, 2.24) is 9.78 Å². The molecule has 3 rings (SSSR count). The minimum Gasteiger partial charge on any atom is -0.464 e. The van der Waals surface area contributed by atoms with Crippen LogP contribution in [0.2, 0.25) is 0 Å². The molecule has 0 bridgehead atoms. The van der Waals surface area contributed by atoms with Gasteiger partial charge in [0.15, 0.2) is 5.69 Å². The Morgan fingerprint density at radius 1 is 1.30 bits per heavy atom. The topological polar surface area (TPSA) is 64.4 Å². The van der Waals surface area contributed by atoms with Gasteiger partial charge < -0.3 is 9.64 Å². The minimum absolute atomic E-state index is 0.0547. The second-order valence-corrected chi connectivity index (χ2v) is 5.90. The number of hydrogen-bond acceptors (Lipinski definition) is 4. The monoisotopic (exact) mass is 313 g/mol. The number of anilines is 1. The number of aromatic nitrogens is 2. The van der Waals surface area contributed by atoms with Crippen LogP contribution in [0.25, 0.3) is 0 Å². The van der Waals surface area contributed by atoms with Gasteiger partial charge in [0, 0.05) is 11.8 Å². The van der Waals surface area contributed by atoms with Gasteiger partial charge in [-0.15, -0.1) is 0 Å². The fraction of sp³-hybridized carbons (Fsp3) is 0.353. The van der Waals surface area contributed by atoms with E-state index in [0.29, 0.717) is 12.2 Å². The highest BCUT2D eigenvalue weighted by Gasteiger charge is 2.34. The molecule has 1 aliphatic heterocycles. The molecule has 1 aromatic heterocycles. The lowest BCUT2D eigenvalue weighted by atomic mass is 10.1. The summed E-state index contributed by atoms with van der Waals surface area (Å²) in [6.45, 7) is 6.50. The molecule has 1 aromatic carbocycles. The number of methoxy groups -OCH3 is 1. The van der Waals surface area contributed by atoms with Crippen LogP contribution in [-0.4, -0.2) is 34.8 Å². The molecule has 120 valence electrons. The maximum absolute atomic E-state index is 12.9. The SMILES string of the molecule is COC(=O)c1cc2n(n1)CC(C)N(c1cc(C)ccc1C)C2=O. The molecule has 0 saturated heterocycles. The number of esters is 1. The van der Waals surface area contributed by atoms with E-state index in [4.69, 9.17) is 0 Å². The molecule has 2 aromatic rings. The average Bonchev–Trinajstić information content (AvgIpc) is 2.94. The second-order valence-electron chi connectivity index (χ2n) is 5.90. The Morgan fingerprint density at radius 2 is 2.04 bits per heavy atom. The summed E-state index contributed by atoms with van der Waals surface area (Å²) in [7, 11) is 1.30. The number of carbonyl (C=O) groups excluding carboxylic acids is 2. The van der Waals surface area contributed by atoms with E-state index < -0.39 is 5.97 Å². The Labute approximate surface area is 134 Å². The smallest absolute Gasteiger partial charge is 0.358 e. The molecule has 0 fully saturated rings. The van der Waals surface area contributed by atoms with Crippen LogP contribution in [0.4, 0.5) is 5.69 Å². The van der Waals surface area contributed by atoms with Gasteiger partial charge in [-0.2, -0.15) is 5.10 Å². The molecule has 1 aliphatic rings. The molecule has 1 unspecified atom stereocenters. The number of benzene rings is 1. The van der Waals surface area contributed by atoms with Crippen molar-refractivity contribution in [2.24, 2.45) is 0 Å². The van der Waals surface area contributed by atoms with Gasteiger partial charge in [-0.05, 0) is 38.0 Å². The maximum atomic E-state index is 12.9. The summed E-state index contributed by atoms with van der Waals surface area (Å²) in [5.74, 6) is -0.689. The van der Waals surface area contributed by atoms with Gasteiger partial charge in [-0.3, -0.25) is 9.48 Å². The summed E-state index contributed by atoms with van der Waals surface area (Å²) in [5, 5.41) is 4.19. The van der Waals surface area contributed by atoms with Crippen molar-refractivity contribution in [3.63, 3.8) is 0 Å².